The van der Waals surface area contributed by atoms with Gasteiger partial charge in [0.05, 0.1) is 11.3 Å². The summed E-state index contributed by atoms with van der Waals surface area (Å²) in [6.07, 6.45) is -1.20. The molecule has 0 saturated heterocycles. The van der Waals surface area contributed by atoms with Gasteiger partial charge in [0.25, 0.3) is 6.43 Å². The van der Waals surface area contributed by atoms with Crippen LogP contribution in [0.15, 0.2) is 6.20 Å². The molecule has 0 fully saturated rings. The molecule has 1 rings (SSSR count). The Balaban J connectivity index is 3.02. The summed E-state index contributed by atoms with van der Waals surface area (Å²) in [6, 6.07) is 0. The van der Waals surface area contributed by atoms with Gasteiger partial charge in [0.15, 0.2) is 0 Å². The maximum absolute atomic E-state index is 12.1. The molecule has 0 bridgehead atoms. The molecule has 5 heteroatoms. The fraction of sp³-hybridized carbons (Fsp3) is 0.500. The first kappa shape index (κ1) is 8.13. The van der Waals surface area contributed by atoms with Gasteiger partial charge in [-0.05, 0) is 0 Å². The number of aromatic nitrogens is 2. The summed E-state index contributed by atoms with van der Waals surface area (Å²) in [6.45, 7) is 0.0561. The van der Waals surface area contributed by atoms with Crippen LogP contribution in [0.25, 0.3) is 0 Å². The minimum absolute atomic E-state index is 0.0561. The monoisotopic (exact) mass is 161 g/mol. The van der Waals surface area contributed by atoms with E-state index in [1.807, 2.05) is 0 Å². The van der Waals surface area contributed by atoms with E-state index in [9.17, 15) is 8.78 Å². The van der Waals surface area contributed by atoms with Gasteiger partial charge in [-0.2, -0.15) is 5.10 Å². The number of nitrogens with zero attached hydrogens (tertiary/aromatic N) is 2. The lowest BCUT2D eigenvalue weighted by atomic mass is 10.2. The third-order valence-corrected chi connectivity index (χ3v) is 1.37. The summed E-state index contributed by atoms with van der Waals surface area (Å²) in [5.41, 5.74) is 5.38. The molecule has 1 aromatic rings. The van der Waals surface area contributed by atoms with E-state index in [4.69, 9.17) is 5.73 Å². The lowest BCUT2D eigenvalue weighted by Gasteiger charge is -1.94. The maximum Gasteiger partial charge on any atom is 0.267 e. The van der Waals surface area contributed by atoms with Crippen LogP contribution in [-0.2, 0) is 13.6 Å². The smallest absolute Gasteiger partial charge is 0.267 e. The molecule has 0 saturated carbocycles. The summed E-state index contributed by atoms with van der Waals surface area (Å²) in [7, 11) is 1.59. The minimum Gasteiger partial charge on any atom is -0.325 e. The molecule has 1 heterocycles. The van der Waals surface area contributed by atoms with Crippen molar-refractivity contribution in [3.63, 3.8) is 0 Å². The van der Waals surface area contributed by atoms with Gasteiger partial charge < -0.3 is 5.73 Å². The summed E-state index contributed by atoms with van der Waals surface area (Å²) in [4.78, 5) is 0. The van der Waals surface area contributed by atoms with Crippen molar-refractivity contribution in [1.82, 2.24) is 9.78 Å². The second kappa shape index (κ2) is 2.96. The lowest BCUT2D eigenvalue weighted by Crippen LogP contribution is -2.01. The molecule has 1 aromatic heterocycles. The first-order valence-electron chi connectivity index (χ1n) is 3.15. The average Bonchev–Trinajstić information content (AvgIpc) is 2.30. The number of hydrogen-bond donors (Lipinski definition) is 1. The zero-order valence-corrected chi connectivity index (χ0v) is 6.09. The highest BCUT2D eigenvalue weighted by molar-refractivity contribution is 5.17. The number of rotatable bonds is 2. The van der Waals surface area contributed by atoms with Crippen LogP contribution in [-0.4, -0.2) is 9.78 Å². The van der Waals surface area contributed by atoms with Crippen LogP contribution >= 0.6 is 0 Å². The quantitative estimate of drug-likeness (QED) is 0.697. The van der Waals surface area contributed by atoms with Crippen molar-refractivity contribution in [3.8, 4) is 0 Å². The number of nitrogens with two attached hydrogens (primary N) is 1. The summed E-state index contributed by atoms with van der Waals surface area (Å²) in [5, 5.41) is 3.76. The molecule has 0 unspecified atom stereocenters. The van der Waals surface area contributed by atoms with Gasteiger partial charge in [-0.3, -0.25) is 4.68 Å². The van der Waals surface area contributed by atoms with Crippen molar-refractivity contribution in [2.24, 2.45) is 12.8 Å². The van der Waals surface area contributed by atoms with Crippen LogP contribution in [0.1, 0.15) is 17.7 Å². The minimum atomic E-state index is -2.48. The highest BCUT2D eigenvalue weighted by atomic mass is 19.3. The van der Waals surface area contributed by atoms with Crippen molar-refractivity contribution >= 4 is 0 Å². The molecule has 62 valence electrons. The molecule has 0 aliphatic rings. The average molecular weight is 161 g/mol. The van der Waals surface area contributed by atoms with Crippen molar-refractivity contribution in [2.45, 2.75) is 13.0 Å². The summed E-state index contributed by atoms with van der Waals surface area (Å²) < 4.78 is 25.6. The molecule has 2 N–H and O–H groups in total. The van der Waals surface area contributed by atoms with E-state index in [0.29, 0.717) is 0 Å². The summed E-state index contributed by atoms with van der Waals surface area (Å²) >= 11 is 0. The Morgan fingerprint density at radius 2 is 2.36 bits per heavy atom. The van der Waals surface area contributed by atoms with Gasteiger partial charge in [0.1, 0.15) is 0 Å². The molecule has 0 radical (unpaired) electrons. The standard InChI is InChI=1S/C6H9F2N3/c1-11-3-4(6(7)8)5(2-9)10-11/h3,6H,2,9H2,1H3. The van der Waals surface area contributed by atoms with E-state index >= 15 is 0 Å². The van der Waals surface area contributed by atoms with Crippen molar-refractivity contribution in [3.05, 3.63) is 17.5 Å². The van der Waals surface area contributed by atoms with Crippen LogP contribution in [0.4, 0.5) is 8.78 Å². The zero-order chi connectivity index (χ0) is 8.43. The molecule has 0 spiro atoms. The Labute approximate surface area is 62.8 Å². The Morgan fingerprint density at radius 1 is 1.73 bits per heavy atom. The Kier molecular flexibility index (Phi) is 2.19. The van der Waals surface area contributed by atoms with Crippen LogP contribution < -0.4 is 5.73 Å². The predicted octanol–water partition coefficient (Wildman–Crippen LogP) is 0.816. The van der Waals surface area contributed by atoms with Gasteiger partial charge in [-0.25, -0.2) is 8.78 Å². The molecule has 0 aliphatic heterocycles. The first-order valence-corrected chi connectivity index (χ1v) is 3.15. The van der Waals surface area contributed by atoms with Crippen LogP contribution in [0.3, 0.4) is 0 Å². The van der Waals surface area contributed by atoms with E-state index in [1.54, 1.807) is 7.05 Å². The molecule has 0 atom stereocenters. The third-order valence-electron chi connectivity index (χ3n) is 1.37. The summed E-state index contributed by atoms with van der Waals surface area (Å²) in [5.74, 6) is 0. The second-order valence-electron chi connectivity index (χ2n) is 2.21. The zero-order valence-electron chi connectivity index (χ0n) is 6.09. The van der Waals surface area contributed by atoms with Gasteiger partial charge in [-0.15, -0.1) is 0 Å². The first-order chi connectivity index (χ1) is 5.15. The SMILES string of the molecule is Cn1cc(C(F)F)c(CN)n1. The molecular weight excluding hydrogens is 152 g/mol. The van der Waals surface area contributed by atoms with Gasteiger partial charge >= 0.3 is 0 Å². The second-order valence-corrected chi connectivity index (χ2v) is 2.21. The van der Waals surface area contributed by atoms with Crippen molar-refractivity contribution in [2.75, 3.05) is 0 Å². The molecule has 0 amide bonds. The normalized spacial score (nSPS) is 11.0. The molecule has 3 nitrogen and oxygen atoms in total. The molecular formula is C6H9F2N3. The van der Waals surface area contributed by atoms with Crippen molar-refractivity contribution < 1.29 is 8.78 Å². The topological polar surface area (TPSA) is 43.8 Å². The number of aryl methyl sites for hydroxylation is 1. The fourth-order valence-electron chi connectivity index (χ4n) is 0.894. The van der Waals surface area contributed by atoms with E-state index in [-0.39, 0.29) is 17.8 Å². The third kappa shape index (κ3) is 1.54. The fourth-order valence-corrected chi connectivity index (χ4v) is 0.894. The van der Waals surface area contributed by atoms with Crippen LogP contribution in [0.2, 0.25) is 0 Å². The molecule has 0 aliphatic carbocycles. The predicted molar refractivity (Wildman–Crippen MR) is 36.1 cm³/mol. The number of hydrogen-bond acceptors (Lipinski definition) is 2. The lowest BCUT2D eigenvalue weighted by molar-refractivity contribution is 0.150. The highest BCUT2D eigenvalue weighted by Crippen LogP contribution is 2.20. The van der Waals surface area contributed by atoms with E-state index < -0.39 is 6.43 Å². The van der Waals surface area contributed by atoms with E-state index in [0.717, 1.165) is 0 Å². The highest BCUT2D eigenvalue weighted by Gasteiger charge is 2.14. The van der Waals surface area contributed by atoms with Crippen LogP contribution in [0.5, 0.6) is 0 Å². The largest absolute Gasteiger partial charge is 0.325 e. The van der Waals surface area contributed by atoms with Gasteiger partial charge in [-0.1, -0.05) is 0 Å². The number of alkyl halides is 2. The Bertz CT molecular complexity index is 244. The molecule has 0 aromatic carbocycles. The Hall–Kier alpha value is -0.970. The Morgan fingerprint density at radius 3 is 2.73 bits per heavy atom. The van der Waals surface area contributed by atoms with E-state index in [2.05, 4.69) is 5.10 Å². The number of halogens is 2. The van der Waals surface area contributed by atoms with Gasteiger partial charge in [0.2, 0.25) is 0 Å². The van der Waals surface area contributed by atoms with Gasteiger partial charge in [0, 0.05) is 19.8 Å². The van der Waals surface area contributed by atoms with Crippen LogP contribution in [0, 0.1) is 0 Å². The maximum atomic E-state index is 12.1. The molecule has 11 heavy (non-hydrogen) atoms. The van der Waals surface area contributed by atoms with E-state index in [1.165, 1.54) is 10.9 Å². The van der Waals surface area contributed by atoms with Crippen molar-refractivity contribution in [1.29, 1.82) is 0 Å².